The second-order valence-corrected chi connectivity index (χ2v) is 5.08. The maximum atomic E-state index is 6.02. The molecule has 72 valence electrons. The predicted octanol–water partition coefficient (Wildman–Crippen LogP) is 2.62. The van der Waals surface area contributed by atoms with Gasteiger partial charge in [-0.15, -0.1) is 11.6 Å². The van der Waals surface area contributed by atoms with Crippen LogP contribution in [0.5, 0.6) is 0 Å². The van der Waals surface area contributed by atoms with Crippen LogP contribution >= 0.6 is 11.6 Å². The van der Waals surface area contributed by atoms with Crippen LogP contribution in [0.2, 0.25) is 0 Å². The summed E-state index contributed by atoms with van der Waals surface area (Å²) in [4.78, 5) is 0. The molecule has 13 heavy (non-hydrogen) atoms. The molecule has 0 spiro atoms. The van der Waals surface area contributed by atoms with Gasteiger partial charge in [-0.05, 0) is 26.7 Å². The summed E-state index contributed by atoms with van der Waals surface area (Å²) in [5, 5.41) is 3.71. The Bertz CT molecular complexity index is 265. The number of nitrogens with one attached hydrogen (secondary N) is 1. The fourth-order valence-electron chi connectivity index (χ4n) is 2.03. The SMILES string of the molecule is CC1(C)CCC2=CC(Cl)C=CC2N1. The molecule has 1 fully saturated rings. The molecule has 1 N–H and O–H groups in total. The van der Waals surface area contributed by atoms with Crippen molar-refractivity contribution in [2.75, 3.05) is 0 Å². The van der Waals surface area contributed by atoms with E-state index >= 15 is 0 Å². The van der Waals surface area contributed by atoms with Crippen LogP contribution in [0.25, 0.3) is 0 Å². The molecule has 2 aliphatic rings. The van der Waals surface area contributed by atoms with E-state index in [1.807, 2.05) is 0 Å². The molecule has 0 aromatic carbocycles. The number of rotatable bonds is 0. The van der Waals surface area contributed by atoms with Crippen molar-refractivity contribution in [1.82, 2.24) is 5.32 Å². The number of piperidine rings is 1. The normalized spacial score (nSPS) is 36.7. The summed E-state index contributed by atoms with van der Waals surface area (Å²) in [5.41, 5.74) is 1.73. The van der Waals surface area contributed by atoms with Crippen LogP contribution in [0.1, 0.15) is 26.7 Å². The Kier molecular flexibility index (Phi) is 2.25. The van der Waals surface area contributed by atoms with Crippen molar-refractivity contribution in [2.45, 2.75) is 43.6 Å². The maximum absolute atomic E-state index is 6.02. The fraction of sp³-hybridized carbons (Fsp3) is 0.636. The average molecular weight is 198 g/mol. The fourth-order valence-corrected chi connectivity index (χ4v) is 2.28. The van der Waals surface area contributed by atoms with Gasteiger partial charge < -0.3 is 5.32 Å². The van der Waals surface area contributed by atoms with Gasteiger partial charge in [0.2, 0.25) is 0 Å². The quantitative estimate of drug-likeness (QED) is 0.465. The first-order valence-electron chi connectivity index (χ1n) is 4.87. The second kappa shape index (κ2) is 3.14. The zero-order chi connectivity index (χ0) is 9.47. The Morgan fingerprint density at radius 2 is 2.23 bits per heavy atom. The summed E-state index contributed by atoms with van der Waals surface area (Å²) in [6, 6.07) is 0.429. The lowest BCUT2D eigenvalue weighted by Crippen LogP contribution is -2.50. The summed E-state index contributed by atoms with van der Waals surface area (Å²) in [5.74, 6) is 0. The molecule has 1 nitrogen and oxygen atoms in total. The van der Waals surface area contributed by atoms with E-state index < -0.39 is 0 Å². The lowest BCUT2D eigenvalue weighted by molar-refractivity contribution is 0.312. The molecule has 1 saturated heterocycles. The summed E-state index contributed by atoms with van der Waals surface area (Å²) >= 11 is 6.02. The minimum Gasteiger partial charge on any atom is -0.302 e. The topological polar surface area (TPSA) is 12.0 Å². The molecule has 2 atom stereocenters. The lowest BCUT2D eigenvalue weighted by Gasteiger charge is -2.39. The van der Waals surface area contributed by atoms with E-state index in [4.69, 9.17) is 11.6 Å². The van der Waals surface area contributed by atoms with Crippen LogP contribution in [0, 0.1) is 0 Å². The van der Waals surface area contributed by atoms with Gasteiger partial charge in [0, 0.05) is 11.6 Å². The van der Waals surface area contributed by atoms with Gasteiger partial charge in [0.15, 0.2) is 0 Å². The highest BCUT2D eigenvalue weighted by atomic mass is 35.5. The van der Waals surface area contributed by atoms with Gasteiger partial charge in [-0.2, -0.15) is 0 Å². The van der Waals surface area contributed by atoms with Crippen molar-refractivity contribution in [3.05, 3.63) is 23.8 Å². The molecule has 2 heteroatoms. The molecule has 2 rings (SSSR count). The van der Waals surface area contributed by atoms with Crippen LogP contribution in [-0.4, -0.2) is 17.0 Å². The van der Waals surface area contributed by atoms with Gasteiger partial charge >= 0.3 is 0 Å². The smallest absolute Gasteiger partial charge is 0.0700 e. The van der Waals surface area contributed by atoms with E-state index in [1.165, 1.54) is 18.4 Å². The van der Waals surface area contributed by atoms with Gasteiger partial charge in [-0.25, -0.2) is 0 Å². The van der Waals surface area contributed by atoms with Gasteiger partial charge in [-0.1, -0.05) is 23.8 Å². The predicted molar refractivity (Wildman–Crippen MR) is 57.1 cm³/mol. The highest BCUT2D eigenvalue weighted by Gasteiger charge is 2.30. The highest BCUT2D eigenvalue weighted by molar-refractivity contribution is 6.23. The van der Waals surface area contributed by atoms with Crippen LogP contribution in [-0.2, 0) is 0 Å². The van der Waals surface area contributed by atoms with E-state index in [-0.39, 0.29) is 10.9 Å². The Hall–Kier alpha value is -0.270. The third-order valence-electron chi connectivity index (χ3n) is 2.85. The number of fused-ring (bicyclic) bond motifs is 1. The van der Waals surface area contributed by atoms with Crippen molar-refractivity contribution in [3.63, 3.8) is 0 Å². The van der Waals surface area contributed by atoms with E-state index in [0.29, 0.717) is 6.04 Å². The molecule has 0 aromatic rings. The molecule has 1 aliphatic carbocycles. The van der Waals surface area contributed by atoms with Crippen LogP contribution in [0.3, 0.4) is 0 Å². The van der Waals surface area contributed by atoms with Gasteiger partial charge in [0.1, 0.15) is 0 Å². The first kappa shape index (κ1) is 9.29. The summed E-state index contributed by atoms with van der Waals surface area (Å²) in [6.07, 6.45) is 8.80. The third kappa shape index (κ3) is 1.97. The maximum Gasteiger partial charge on any atom is 0.0700 e. The standard InChI is InChI=1S/C11H16ClN/c1-11(2)6-5-8-7-9(12)3-4-10(8)13-11/h3-4,7,9-10,13H,5-6H2,1-2H3. The van der Waals surface area contributed by atoms with E-state index in [0.717, 1.165) is 0 Å². The largest absolute Gasteiger partial charge is 0.302 e. The number of allylic oxidation sites excluding steroid dienone is 2. The second-order valence-electron chi connectivity index (χ2n) is 4.58. The van der Waals surface area contributed by atoms with Crippen molar-refractivity contribution < 1.29 is 0 Å². The number of alkyl halides is 1. The minimum atomic E-state index is 0.106. The van der Waals surface area contributed by atoms with Crippen molar-refractivity contribution in [3.8, 4) is 0 Å². The summed E-state index contributed by atoms with van der Waals surface area (Å²) in [6.45, 7) is 4.51. The Morgan fingerprint density at radius 1 is 1.46 bits per heavy atom. The molecular formula is C11H16ClN. The van der Waals surface area contributed by atoms with Crippen LogP contribution in [0.4, 0.5) is 0 Å². The van der Waals surface area contributed by atoms with Crippen molar-refractivity contribution in [1.29, 1.82) is 0 Å². The zero-order valence-corrected chi connectivity index (χ0v) is 8.93. The number of hydrogen-bond acceptors (Lipinski definition) is 1. The van der Waals surface area contributed by atoms with E-state index in [1.54, 1.807) is 0 Å². The van der Waals surface area contributed by atoms with Crippen LogP contribution < -0.4 is 5.32 Å². The Balaban J connectivity index is 2.15. The van der Waals surface area contributed by atoms with E-state index in [9.17, 15) is 0 Å². The summed E-state index contributed by atoms with van der Waals surface area (Å²) < 4.78 is 0. The highest BCUT2D eigenvalue weighted by Crippen LogP contribution is 2.29. The van der Waals surface area contributed by atoms with Gasteiger partial charge in [-0.3, -0.25) is 0 Å². The summed E-state index contributed by atoms with van der Waals surface area (Å²) in [7, 11) is 0. The molecular weight excluding hydrogens is 182 g/mol. The molecule has 2 unspecified atom stereocenters. The van der Waals surface area contributed by atoms with E-state index in [2.05, 4.69) is 37.4 Å². The monoisotopic (exact) mass is 197 g/mol. The minimum absolute atomic E-state index is 0.106. The van der Waals surface area contributed by atoms with Crippen molar-refractivity contribution >= 4 is 11.6 Å². The molecule has 0 saturated carbocycles. The molecule has 1 aliphatic heterocycles. The molecule has 0 bridgehead atoms. The molecule has 0 aromatic heterocycles. The lowest BCUT2D eigenvalue weighted by atomic mass is 9.83. The third-order valence-corrected chi connectivity index (χ3v) is 3.12. The molecule has 1 heterocycles. The van der Waals surface area contributed by atoms with Gasteiger partial charge in [0.25, 0.3) is 0 Å². The van der Waals surface area contributed by atoms with Crippen LogP contribution in [0.15, 0.2) is 23.8 Å². The first-order valence-corrected chi connectivity index (χ1v) is 5.31. The Morgan fingerprint density at radius 3 is 3.00 bits per heavy atom. The molecule has 0 amide bonds. The first-order chi connectivity index (χ1) is 6.07. The number of hydrogen-bond donors (Lipinski definition) is 1. The number of halogens is 1. The molecule has 0 radical (unpaired) electrons. The average Bonchev–Trinajstić information content (AvgIpc) is 2.05. The van der Waals surface area contributed by atoms with Crippen molar-refractivity contribution in [2.24, 2.45) is 0 Å². The van der Waals surface area contributed by atoms with Gasteiger partial charge in [0.05, 0.1) is 5.38 Å². The zero-order valence-electron chi connectivity index (χ0n) is 8.18. The Labute approximate surface area is 84.9 Å².